The molecule has 2 N–H and O–H groups in total. The molecule has 0 spiro atoms. The quantitative estimate of drug-likeness (QED) is 0.714. The Kier molecular flexibility index (Phi) is 4.60. The van der Waals surface area contributed by atoms with Crippen molar-refractivity contribution in [1.29, 1.82) is 0 Å². The molecule has 27 heavy (non-hydrogen) atoms. The molecule has 2 aromatic carbocycles. The average molecular weight is 378 g/mol. The summed E-state index contributed by atoms with van der Waals surface area (Å²) < 4.78 is 0. The van der Waals surface area contributed by atoms with Crippen molar-refractivity contribution >= 4 is 39.8 Å². The van der Waals surface area contributed by atoms with Gasteiger partial charge in [0.1, 0.15) is 5.69 Å². The third-order valence-corrected chi connectivity index (χ3v) is 5.11. The van der Waals surface area contributed by atoms with Gasteiger partial charge in [-0.3, -0.25) is 10.1 Å². The first kappa shape index (κ1) is 17.2. The van der Waals surface area contributed by atoms with E-state index in [9.17, 15) is 9.59 Å². The topological polar surface area (TPSA) is 74.3 Å². The van der Waals surface area contributed by atoms with Gasteiger partial charge < -0.3 is 10.2 Å². The van der Waals surface area contributed by atoms with Crippen molar-refractivity contribution in [3.63, 3.8) is 0 Å². The van der Waals surface area contributed by atoms with Crippen molar-refractivity contribution in [2.45, 2.75) is 13.3 Å². The van der Waals surface area contributed by atoms with Gasteiger partial charge in [-0.2, -0.15) is 0 Å². The lowest BCUT2D eigenvalue weighted by molar-refractivity contribution is 0.0985. The van der Waals surface area contributed by atoms with Crippen molar-refractivity contribution in [3.8, 4) is 0 Å². The number of hydrogen-bond acceptors (Lipinski definition) is 4. The predicted molar refractivity (Wildman–Crippen MR) is 108 cm³/mol. The van der Waals surface area contributed by atoms with Crippen LogP contribution >= 0.6 is 11.3 Å². The van der Waals surface area contributed by atoms with Crippen LogP contribution in [0, 0.1) is 6.92 Å². The molecule has 1 aromatic heterocycles. The number of aromatic nitrogens is 1. The molecule has 0 bridgehead atoms. The number of urea groups is 1. The molecule has 0 saturated carbocycles. The Hall–Kier alpha value is -3.19. The first-order valence-corrected chi connectivity index (χ1v) is 9.48. The summed E-state index contributed by atoms with van der Waals surface area (Å²) in [6.07, 6.45) is 0.843. The molecule has 0 atom stereocenters. The lowest BCUT2D eigenvalue weighted by Gasteiger charge is -2.15. The highest BCUT2D eigenvalue weighted by Gasteiger charge is 2.26. The van der Waals surface area contributed by atoms with E-state index in [0.717, 1.165) is 23.2 Å². The summed E-state index contributed by atoms with van der Waals surface area (Å²) in [6, 6.07) is 15.0. The predicted octanol–water partition coefficient (Wildman–Crippen LogP) is 4.30. The van der Waals surface area contributed by atoms with E-state index < -0.39 is 0 Å². The lowest BCUT2D eigenvalue weighted by Crippen LogP contribution is -2.29. The summed E-state index contributed by atoms with van der Waals surface area (Å²) in [5.74, 6) is -0.150. The number of rotatable bonds is 3. The molecule has 0 saturated heterocycles. The van der Waals surface area contributed by atoms with E-state index in [4.69, 9.17) is 0 Å². The zero-order valence-electron chi connectivity index (χ0n) is 14.7. The highest BCUT2D eigenvalue weighted by molar-refractivity contribution is 7.14. The molecule has 1 aliphatic rings. The second kappa shape index (κ2) is 7.20. The Morgan fingerprint density at radius 3 is 2.81 bits per heavy atom. The van der Waals surface area contributed by atoms with Crippen LogP contribution in [0.2, 0.25) is 0 Å². The van der Waals surface area contributed by atoms with Crippen molar-refractivity contribution in [3.05, 3.63) is 70.7 Å². The highest BCUT2D eigenvalue weighted by Crippen LogP contribution is 2.29. The third-order valence-electron chi connectivity index (χ3n) is 4.35. The van der Waals surface area contributed by atoms with Crippen LogP contribution in [0.3, 0.4) is 0 Å². The number of para-hydroxylation sites is 1. The van der Waals surface area contributed by atoms with E-state index in [1.54, 1.807) is 10.3 Å². The van der Waals surface area contributed by atoms with Gasteiger partial charge in [0.2, 0.25) is 0 Å². The van der Waals surface area contributed by atoms with Crippen LogP contribution in [-0.2, 0) is 6.42 Å². The van der Waals surface area contributed by atoms with Crippen LogP contribution in [0.25, 0.3) is 0 Å². The first-order valence-electron chi connectivity index (χ1n) is 8.60. The Balaban J connectivity index is 1.43. The number of aryl methyl sites for hydroxylation is 1. The van der Waals surface area contributed by atoms with Crippen LogP contribution in [0.1, 0.15) is 21.6 Å². The number of carbonyl (C=O) groups excluding carboxylic acids is 2. The Bertz CT molecular complexity index is 1010. The SMILES string of the molecule is Cc1cccc(NC(=O)Nc2nc(C(=O)N3CCc4ccccc43)cs2)c1. The van der Waals surface area contributed by atoms with Gasteiger partial charge in [0.15, 0.2) is 5.13 Å². The molecule has 6 nitrogen and oxygen atoms in total. The number of hydrogen-bond donors (Lipinski definition) is 2. The fourth-order valence-electron chi connectivity index (χ4n) is 3.10. The van der Waals surface area contributed by atoms with Crippen molar-refractivity contribution in [2.75, 3.05) is 22.1 Å². The summed E-state index contributed by atoms with van der Waals surface area (Å²) in [7, 11) is 0. The van der Waals surface area contributed by atoms with E-state index in [-0.39, 0.29) is 11.9 Å². The summed E-state index contributed by atoms with van der Waals surface area (Å²) in [5, 5.41) is 7.50. The maximum absolute atomic E-state index is 12.8. The molecule has 0 radical (unpaired) electrons. The summed E-state index contributed by atoms with van der Waals surface area (Å²) in [5.41, 5.74) is 4.19. The number of anilines is 3. The summed E-state index contributed by atoms with van der Waals surface area (Å²) in [6.45, 7) is 2.60. The number of thiazole rings is 1. The van der Waals surface area contributed by atoms with Gasteiger partial charge in [0.05, 0.1) is 0 Å². The van der Waals surface area contributed by atoms with Gasteiger partial charge in [-0.25, -0.2) is 9.78 Å². The maximum atomic E-state index is 12.8. The lowest BCUT2D eigenvalue weighted by atomic mass is 10.2. The Morgan fingerprint density at radius 2 is 1.96 bits per heavy atom. The average Bonchev–Trinajstić information content (AvgIpc) is 3.28. The monoisotopic (exact) mass is 378 g/mol. The van der Waals surface area contributed by atoms with Crippen LogP contribution < -0.4 is 15.5 Å². The van der Waals surface area contributed by atoms with Gasteiger partial charge in [0.25, 0.3) is 5.91 Å². The third kappa shape index (κ3) is 3.68. The van der Waals surface area contributed by atoms with E-state index in [1.807, 2.05) is 55.5 Å². The fourth-order valence-corrected chi connectivity index (χ4v) is 3.78. The molecule has 7 heteroatoms. The molecule has 4 rings (SSSR count). The van der Waals surface area contributed by atoms with Crippen LogP contribution in [0.15, 0.2) is 53.9 Å². The molecule has 2 heterocycles. The van der Waals surface area contributed by atoms with Crippen LogP contribution in [0.4, 0.5) is 21.3 Å². The van der Waals surface area contributed by atoms with Gasteiger partial charge in [-0.15, -0.1) is 11.3 Å². The molecule has 3 amide bonds. The van der Waals surface area contributed by atoms with Crippen LogP contribution in [0.5, 0.6) is 0 Å². The minimum Gasteiger partial charge on any atom is -0.308 e. The number of nitrogens with zero attached hydrogens (tertiary/aromatic N) is 2. The molecular weight excluding hydrogens is 360 g/mol. The fraction of sp³-hybridized carbons (Fsp3) is 0.150. The first-order chi connectivity index (χ1) is 13.1. The molecule has 0 unspecified atom stereocenters. The molecule has 1 aliphatic heterocycles. The zero-order valence-corrected chi connectivity index (χ0v) is 15.5. The van der Waals surface area contributed by atoms with Crippen molar-refractivity contribution in [1.82, 2.24) is 4.98 Å². The van der Waals surface area contributed by atoms with Gasteiger partial charge in [-0.1, -0.05) is 30.3 Å². The molecular formula is C20H18N4O2S. The molecule has 0 fully saturated rings. The number of carbonyl (C=O) groups is 2. The van der Waals surface area contributed by atoms with E-state index in [2.05, 4.69) is 15.6 Å². The maximum Gasteiger partial charge on any atom is 0.325 e. The van der Waals surface area contributed by atoms with Gasteiger partial charge in [-0.05, 0) is 42.7 Å². The highest BCUT2D eigenvalue weighted by atomic mass is 32.1. The largest absolute Gasteiger partial charge is 0.325 e. The molecule has 0 aliphatic carbocycles. The number of nitrogens with one attached hydrogen (secondary N) is 2. The molecule has 3 aromatic rings. The van der Waals surface area contributed by atoms with Gasteiger partial charge >= 0.3 is 6.03 Å². The second-order valence-electron chi connectivity index (χ2n) is 6.32. The van der Waals surface area contributed by atoms with E-state index >= 15 is 0 Å². The van der Waals surface area contributed by atoms with Crippen LogP contribution in [-0.4, -0.2) is 23.5 Å². The molecule has 136 valence electrons. The number of benzene rings is 2. The van der Waals surface area contributed by atoms with Crippen molar-refractivity contribution < 1.29 is 9.59 Å². The van der Waals surface area contributed by atoms with E-state index in [0.29, 0.717) is 23.1 Å². The zero-order chi connectivity index (χ0) is 18.8. The van der Waals surface area contributed by atoms with Crippen molar-refractivity contribution in [2.24, 2.45) is 0 Å². The van der Waals surface area contributed by atoms with E-state index in [1.165, 1.54) is 11.3 Å². The smallest absolute Gasteiger partial charge is 0.308 e. The number of amides is 3. The Morgan fingerprint density at radius 1 is 1.11 bits per heavy atom. The normalized spacial score (nSPS) is 12.6. The minimum atomic E-state index is -0.388. The summed E-state index contributed by atoms with van der Waals surface area (Å²) >= 11 is 1.23. The summed E-state index contributed by atoms with van der Waals surface area (Å²) in [4.78, 5) is 30.9. The Labute approximate surface area is 160 Å². The second-order valence-corrected chi connectivity index (χ2v) is 7.18. The minimum absolute atomic E-state index is 0.150. The standard InChI is InChI=1S/C20H18N4O2S/c1-13-5-4-7-15(11-13)21-19(26)23-20-22-16(12-27-20)18(25)24-10-9-14-6-2-3-8-17(14)24/h2-8,11-12H,9-10H2,1H3,(H2,21,22,23,26). The van der Waals surface area contributed by atoms with Gasteiger partial charge in [0, 0.05) is 23.3 Å². The number of fused-ring (bicyclic) bond motifs is 1.